The molecule has 0 amide bonds. The van der Waals surface area contributed by atoms with Gasteiger partial charge in [-0.25, -0.2) is 9.07 Å². The number of anilines is 1. The number of aromatic nitrogens is 3. The number of nitrogens with one attached hydrogen (secondary N) is 1. The molecule has 0 radical (unpaired) electrons. The highest BCUT2D eigenvalue weighted by atomic mass is 19.1. The van der Waals surface area contributed by atoms with Crippen LogP contribution in [0.2, 0.25) is 0 Å². The minimum absolute atomic E-state index is 0.113. The molecule has 1 saturated heterocycles. The zero-order chi connectivity index (χ0) is 18.4. The zero-order valence-corrected chi connectivity index (χ0v) is 14.7. The molecule has 27 heavy (non-hydrogen) atoms. The van der Waals surface area contributed by atoms with E-state index in [1.165, 1.54) is 16.8 Å². The van der Waals surface area contributed by atoms with Crippen LogP contribution in [-0.4, -0.2) is 34.0 Å². The lowest BCUT2D eigenvalue weighted by Gasteiger charge is -2.22. The predicted molar refractivity (Wildman–Crippen MR) is 96.4 cm³/mol. The van der Waals surface area contributed by atoms with Crippen molar-refractivity contribution in [3.05, 3.63) is 51.7 Å². The van der Waals surface area contributed by atoms with Crippen LogP contribution in [0.4, 0.5) is 10.4 Å². The average Bonchev–Trinajstić information content (AvgIpc) is 3.27. The van der Waals surface area contributed by atoms with E-state index in [0.717, 1.165) is 36.9 Å². The van der Waals surface area contributed by atoms with Gasteiger partial charge in [0.25, 0.3) is 11.6 Å². The predicted octanol–water partition coefficient (Wildman–Crippen LogP) is 2.45. The van der Waals surface area contributed by atoms with Gasteiger partial charge in [0.2, 0.25) is 0 Å². The Morgan fingerprint density at radius 2 is 2.07 bits per heavy atom. The Morgan fingerprint density at radius 1 is 1.19 bits per heavy atom. The van der Waals surface area contributed by atoms with Crippen molar-refractivity contribution in [1.82, 2.24) is 14.8 Å². The Bertz CT molecular complexity index is 1060. The quantitative estimate of drug-likeness (QED) is 0.763. The summed E-state index contributed by atoms with van der Waals surface area (Å²) in [4.78, 5) is 16.9. The average molecular weight is 370 g/mol. The zero-order valence-electron chi connectivity index (χ0n) is 14.7. The summed E-state index contributed by atoms with van der Waals surface area (Å²) in [5, 5.41) is 7.81. The normalized spacial score (nSPS) is 22.1. The van der Waals surface area contributed by atoms with Crippen molar-refractivity contribution in [2.75, 3.05) is 18.5 Å². The lowest BCUT2D eigenvalue weighted by molar-refractivity contribution is 0.182. The van der Waals surface area contributed by atoms with Crippen LogP contribution in [-0.2, 0) is 17.6 Å². The van der Waals surface area contributed by atoms with Crippen molar-refractivity contribution < 1.29 is 13.5 Å². The number of nitrogens with zero attached hydrogens (tertiary/aromatic N) is 3. The van der Waals surface area contributed by atoms with Crippen LogP contribution in [0, 0.1) is 5.82 Å². The van der Waals surface area contributed by atoms with Crippen LogP contribution < -0.4 is 10.9 Å². The molecule has 140 valence electrons. The number of fused-ring (bicyclic) bond motifs is 2. The Labute approximate surface area is 154 Å². The third-order valence-electron chi connectivity index (χ3n) is 5.26. The van der Waals surface area contributed by atoms with Gasteiger partial charge in [0.1, 0.15) is 17.4 Å². The van der Waals surface area contributed by atoms with E-state index in [2.05, 4.69) is 15.4 Å². The first-order chi connectivity index (χ1) is 13.2. The number of aryl methyl sites for hydroxylation is 2. The molecule has 8 heteroatoms. The van der Waals surface area contributed by atoms with E-state index < -0.39 is 0 Å². The van der Waals surface area contributed by atoms with E-state index in [4.69, 9.17) is 9.15 Å². The maximum absolute atomic E-state index is 13.3. The molecule has 2 unspecified atom stereocenters. The summed E-state index contributed by atoms with van der Waals surface area (Å²) in [6, 6.07) is 5.71. The van der Waals surface area contributed by atoms with Crippen LogP contribution in [0.25, 0.3) is 11.1 Å². The van der Waals surface area contributed by atoms with Gasteiger partial charge in [0, 0.05) is 12.1 Å². The Kier molecular flexibility index (Phi) is 3.93. The van der Waals surface area contributed by atoms with Gasteiger partial charge in [0.05, 0.1) is 24.9 Å². The monoisotopic (exact) mass is 370 g/mol. The van der Waals surface area contributed by atoms with Gasteiger partial charge >= 0.3 is 0 Å². The molecule has 1 aliphatic heterocycles. The number of oxazole rings is 1. The van der Waals surface area contributed by atoms with Crippen molar-refractivity contribution in [3.8, 4) is 0 Å². The van der Waals surface area contributed by atoms with Crippen LogP contribution in [0.3, 0.4) is 0 Å². The van der Waals surface area contributed by atoms with Crippen LogP contribution in [0.5, 0.6) is 0 Å². The number of rotatable bonds is 3. The Balaban J connectivity index is 1.44. The second-order valence-corrected chi connectivity index (χ2v) is 7.09. The summed E-state index contributed by atoms with van der Waals surface area (Å²) in [5.41, 5.74) is 2.89. The molecule has 5 rings (SSSR count). The van der Waals surface area contributed by atoms with E-state index in [1.807, 2.05) is 0 Å². The first-order valence-electron chi connectivity index (χ1n) is 9.19. The molecule has 3 aromatic rings. The highest BCUT2D eigenvalue weighted by molar-refractivity contribution is 5.74. The van der Waals surface area contributed by atoms with Gasteiger partial charge in [-0.05, 0) is 43.4 Å². The number of ether oxygens (including phenoxy) is 1. The van der Waals surface area contributed by atoms with Gasteiger partial charge in [-0.2, -0.15) is 10.1 Å². The lowest BCUT2D eigenvalue weighted by atomic mass is 9.97. The van der Waals surface area contributed by atoms with Crippen molar-refractivity contribution in [3.63, 3.8) is 0 Å². The molecular weight excluding hydrogens is 351 g/mol. The summed E-state index contributed by atoms with van der Waals surface area (Å²) in [5.74, 6) is -0.366. The second-order valence-electron chi connectivity index (χ2n) is 7.09. The third kappa shape index (κ3) is 2.99. The summed E-state index contributed by atoms with van der Waals surface area (Å²) >= 11 is 0. The van der Waals surface area contributed by atoms with Gasteiger partial charge < -0.3 is 14.5 Å². The molecule has 2 aromatic heterocycles. The van der Waals surface area contributed by atoms with Gasteiger partial charge in [-0.1, -0.05) is 0 Å². The van der Waals surface area contributed by atoms with Crippen molar-refractivity contribution >= 4 is 17.1 Å². The molecule has 1 aromatic carbocycles. The highest BCUT2D eigenvalue weighted by Crippen LogP contribution is 2.26. The van der Waals surface area contributed by atoms with Gasteiger partial charge in [-0.15, -0.1) is 0 Å². The van der Waals surface area contributed by atoms with Crippen molar-refractivity contribution in [1.29, 1.82) is 0 Å². The van der Waals surface area contributed by atoms with Gasteiger partial charge in [-0.3, -0.25) is 4.79 Å². The molecule has 1 aliphatic carbocycles. The number of hydrogen-bond donors (Lipinski definition) is 1. The minimum Gasteiger partial charge on any atom is -0.424 e. The van der Waals surface area contributed by atoms with E-state index in [1.54, 1.807) is 12.1 Å². The molecule has 1 fully saturated rings. The molecule has 0 spiro atoms. The summed E-state index contributed by atoms with van der Waals surface area (Å²) in [6.45, 7) is 0.793. The van der Waals surface area contributed by atoms with Crippen LogP contribution >= 0.6 is 0 Å². The Hall–Kier alpha value is -2.74. The largest absolute Gasteiger partial charge is 0.424 e. The van der Waals surface area contributed by atoms with Crippen LogP contribution in [0.15, 0.2) is 33.5 Å². The van der Waals surface area contributed by atoms with E-state index in [-0.39, 0.29) is 29.5 Å². The van der Waals surface area contributed by atoms with E-state index >= 15 is 0 Å². The van der Waals surface area contributed by atoms with E-state index in [9.17, 15) is 9.18 Å². The molecule has 3 heterocycles. The molecule has 0 bridgehead atoms. The molecule has 2 aliphatic rings. The number of benzene rings is 1. The number of hydrogen-bond acceptors (Lipinski definition) is 6. The maximum Gasteiger partial charge on any atom is 0.296 e. The summed E-state index contributed by atoms with van der Waals surface area (Å²) < 4.78 is 26.1. The SMILES string of the molecule is O=c1cc2c(nn1C1COCC1Nc1nc3cc(F)ccc3o1)CCCC2. The van der Waals surface area contributed by atoms with E-state index in [0.29, 0.717) is 24.3 Å². The molecule has 1 N–H and O–H groups in total. The highest BCUT2D eigenvalue weighted by Gasteiger charge is 2.33. The topological polar surface area (TPSA) is 82.2 Å². The first kappa shape index (κ1) is 16.4. The lowest BCUT2D eigenvalue weighted by Crippen LogP contribution is -2.38. The fraction of sp³-hybridized carbons (Fsp3) is 0.421. The number of halogens is 1. The standard InChI is InChI=1S/C19H19FN4O3/c20-12-5-6-17-14(8-12)21-19(27-17)22-15-9-26-10-16(15)24-18(25)7-11-3-1-2-4-13(11)23-24/h5-8,15-16H,1-4,9-10H2,(H,21,22). The van der Waals surface area contributed by atoms with Gasteiger partial charge in [0.15, 0.2) is 5.58 Å². The summed E-state index contributed by atoms with van der Waals surface area (Å²) in [7, 11) is 0. The van der Waals surface area contributed by atoms with Crippen molar-refractivity contribution in [2.24, 2.45) is 0 Å². The molecular formula is C19H19FN4O3. The second kappa shape index (κ2) is 6.45. The minimum atomic E-state index is -0.366. The Morgan fingerprint density at radius 3 is 3.00 bits per heavy atom. The fourth-order valence-corrected chi connectivity index (χ4v) is 3.86. The maximum atomic E-state index is 13.3. The summed E-state index contributed by atoms with van der Waals surface area (Å²) in [6.07, 6.45) is 4.02. The van der Waals surface area contributed by atoms with Crippen molar-refractivity contribution in [2.45, 2.75) is 37.8 Å². The fourth-order valence-electron chi connectivity index (χ4n) is 3.86. The molecule has 2 atom stereocenters. The first-order valence-corrected chi connectivity index (χ1v) is 9.19. The van der Waals surface area contributed by atoms with Crippen LogP contribution in [0.1, 0.15) is 30.1 Å². The molecule has 7 nitrogen and oxygen atoms in total. The smallest absolute Gasteiger partial charge is 0.296 e. The molecule has 0 saturated carbocycles. The third-order valence-corrected chi connectivity index (χ3v) is 5.26.